The van der Waals surface area contributed by atoms with Gasteiger partial charge in [0.15, 0.2) is 0 Å². The van der Waals surface area contributed by atoms with Crippen LogP contribution in [0.4, 0.5) is 0 Å². The first-order valence-corrected chi connectivity index (χ1v) is 11.7. The van der Waals surface area contributed by atoms with Gasteiger partial charge in [-0.05, 0) is 61.4 Å². The van der Waals surface area contributed by atoms with Gasteiger partial charge in [0.1, 0.15) is 11.5 Å². The van der Waals surface area contributed by atoms with E-state index in [1.54, 1.807) is 7.11 Å². The van der Waals surface area contributed by atoms with E-state index in [9.17, 15) is 0 Å². The SMILES string of the molecule is CCCCCC1CCCCCCc2cc1c(/C=C1/N=C(c3ccc[nH]3)C=C1OC)[nH]2. The molecule has 0 radical (unpaired) electrons. The van der Waals surface area contributed by atoms with Crippen LogP contribution < -0.4 is 0 Å². The fourth-order valence-corrected chi connectivity index (χ4v) is 4.74. The normalized spacial score (nSPS) is 20.9. The molecule has 3 heterocycles. The molecule has 30 heavy (non-hydrogen) atoms. The summed E-state index contributed by atoms with van der Waals surface area (Å²) in [4.78, 5) is 11.9. The van der Waals surface area contributed by atoms with E-state index in [0.717, 1.165) is 29.3 Å². The zero-order valence-electron chi connectivity index (χ0n) is 18.5. The van der Waals surface area contributed by atoms with E-state index in [1.807, 2.05) is 24.4 Å². The second kappa shape index (κ2) is 10.0. The van der Waals surface area contributed by atoms with Gasteiger partial charge in [-0.25, -0.2) is 4.99 Å². The molecule has 1 aliphatic heterocycles. The van der Waals surface area contributed by atoms with Gasteiger partial charge in [0.2, 0.25) is 0 Å². The van der Waals surface area contributed by atoms with Gasteiger partial charge in [0.05, 0.1) is 18.5 Å². The number of hydrogen-bond acceptors (Lipinski definition) is 2. The van der Waals surface area contributed by atoms with Crippen LogP contribution in [-0.4, -0.2) is 22.8 Å². The Morgan fingerprint density at radius 1 is 1.20 bits per heavy atom. The fraction of sp³-hybridized carbons (Fsp3) is 0.500. The quantitative estimate of drug-likeness (QED) is 0.484. The number of unbranched alkanes of at least 4 members (excludes halogenated alkanes) is 2. The molecule has 1 atom stereocenters. The number of nitrogens with zero attached hydrogens (tertiary/aromatic N) is 1. The number of ether oxygens (including phenoxy) is 1. The highest BCUT2D eigenvalue weighted by molar-refractivity contribution is 6.11. The van der Waals surface area contributed by atoms with Crippen molar-refractivity contribution < 1.29 is 4.74 Å². The molecule has 2 bridgehead atoms. The molecule has 160 valence electrons. The molecule has 0 spiro atoms. The Kier molecular flexibility index (Phi) is 6.93. The number of aliphatic imine (C=N–C) groups is 1. The molecule has 0 fully saturated rings. The van der Waals surface area contributed by atoms with Crippen LogP contribution in [0, 0.1) is 0 Å². The van der Waals surface area contributed by atoms with Crippen LogP contribution in [-0.2, 0) is 11.2 Å². The summed E-state index contributed by atoms with van der Waals surface area (Å²) in [6.45, 7) is 2.29. The Morgan fingerprint density at radius 3 is 2.90 bits per heavy atom. The topological polar surface area (TPSA) is 53.2 Å². The molecule has 2 aromatic heterocycles. The van der Waals surface area contributed by atoms with Gasteiger partial charge in [-0.2, -0.15) is 0 Å². The highest BCUT2D eigenvalue weighted by atomic mass is 16.5. The third kappa shape index (κ3) is 4.80. The standard InChI is InChI=1S/C26H35N3O/c1-3-4-7-11-19-12-8-5-6-9-13-20-16-21(19)23(28-20)17-25-26(30-2)18-24(29-25)22-14-10-15-27-22/h10,14-19,27-28H,3-9,11-13H2,1-2H3/b25-17+. The number of H-pyrrole nitrogens is 2. The molecule has 0 amide bonds. The fourth-order valence-electron chi connectivity index (χ4n) is 4.74. The second-order valence-corrected chi connectivity index (χ2v) is 8.63. The van der Waals surface area contributed by atoms with E-state index in [2.05, 4.69) is 29.0 Å². The third-order valence-electron chi connectivity index (χ3n) is 6.42. The monoisotopic (exact) mass is 405 g/mol. The van der Waals surface area contributed by atoms with Crippen molar-refractivity contribution in [1.29, 1.82) is 0 Å². The average molecular weight is 406 g/mol. The van der Waals surface area contributed by atoms with Crippen LogP contribution in [0.25, 0.3) is 6.08 Å². The number of methoxy groups -OCH3 is 1. The smallest absolute Gasteiger partial charge is 0.146 e. The van der Waals surface area contributed by atoms with Gasteiger partial charge < -0.3 is 14.7 Å². The minimum absolute atomic E-state index is 0.634. The maximum absolute atomic E-state index is 5.67. The summed E-state index contributed by atoms with van der Waals surface area (Å²) < 4.78 is 5.67. The zero-order valence-corrected chi connectivity index (χ0v) is 18.5. The molecule has 1 unspecified atom stereocenters. The van der Waals surface area contributed by atoms with Crippen LogP contribution in [0.3, 0.4) is 0 Å². The van der Waals surface area contributed by atoms with Crippen LogP contribution in [0.2, 0.25) is 0 Å². The maximum atomic E-state index is 5.67. The van der Waals surface area contributed by atoms with Gasteiger partial charge >= 0.3 is 0 Å². The van der Waals surface area contributed by atoms with Gasteiger partial charge in [0, 0.05) is 23.7 Å². The van der Waals surface area contributed by atoms with Crippen molar-refractivity contribution in [2.24, 2.45) is 4.99 Å². The van der Waals surface area contributed by atoms with Crippen molar-refractivity contribution in [3.05, 3.63) is 64.6 Å². The Bertz CT molecular complexity index is 914. The zero-order chi connectivity index (χ0) is 20.8. The summed E-state index contributed by atoms with van der Waals surface area (Å²) in [5.41, 5.74) is 6.92. The first kappa shape index (κ1) is 20.8. The molecule has 4 heteroatoms. The van der Waals surface area contributed by atoms with Gasteiger partial charge in [-0.1, -0.05) is 45.4 Å². The number of rotatable bonds is 7. The van der Waals surface area contributed by atoms with Crippen molar-refractivity contribution in [3.8, 4) is 0 Å². The van der Waals surface area contributed by atoms with Crippen molar-refractivity contribution in [2.45, 2.75) is 77.0 Å². The molecular formula is C26H35N3O. The number of fused-ring (bicyclic) bond motifs is 2. The first-order valence-electron chi connectivity index (χ1n) is 11.7. The lowest BCUT2D eigenvalue weighted by Crippen LogP contribution is -2.01. The summed E-state index contributed by atoms with van der Waals surface area (Å²) in [5.74, 6) is 1.46. The van der Waals surface area contributed by atoms with E-state index in [-0.39, 0.29) is 0 Å². The molecule has 2 aliphatic rings. The molecule has 2 aromatic rings. The average Bonchev–Trinajstić information content (AvgIpc) is 3.49. The lowest BCUT2D eigenvalue weighted by molar-refractivity contribution is 0.303. The maximum Gasteiger partial charge on any atom is 0.146 e. The van der Waals surface area contributed by atoms with Gasteiger partial charge in [-0.3, -0.25) is 0 Å². The Labute approximate surface area is 180 Å². The van der Waals surface area contributed by atoms with Crippen molar-refractivity contribution in [3.63, 3.8) is 0 Å². The molecule has 1 aliphatic carbocycles. The summed E-state index contributed by atoms with van der Waals surface area (Å²) >= 11 is 0. The molecule has 0 saturated carbocycles. The van der Waals surface area contributed by atoms with E-state index in [0.29, 0.717) is 5.92 Å². The highest BCUT2D eigenvalue weighted by Crippen LogP contribution is 2.35. The summed E-state index contributed by atoms with van der Waals surface area (Å²) in [6, 6.07) is 6.48. The van der Waals surface area contributed by atoms with Crippen LogP contribution in [0.5, 0.6) is 0 Å². The van der Waals surface area contributed by atoms with Crippen molar-refractivity contribution >= 4 is 11.8 Å². The Morgan fingerprint density at radius 2 is 2.10 bits per heavy atom. The van der Waals surface area contributed by atoms with Gasteiger partial charge in [-0.15, -0.1) is 0 Å². The number of nitrogens with one attached hydrogen (secondary N) is 2. The van der Waals surface area contributed by atoms with E-state index in [1.165, 1.54) is 74.7 Å². The third-order valence-corrected chi connectivity index (χ3v) is 6.42. The highest BCUT2D eigenvalue weighted by Gasteiger charge is 2.21. The van der Waals surface area contributed by atoms with E-state index >= 15 is 0 Å². The summed E-state index contributed by atoms with van der Waals surface area (Å²) in [7, 11) is 1.73. The number of hydrogen-bond donors (Lipinski definition) is 2. The molecule has 0 aromatic carbocycles. The molecule has 2 N–H and O–H groups in total. The molecular weight excluding hydrogens is 370 g/mol. The molecule has 4 rings (SSSR count). The number of allylic oxidation sites excluding steroid dienone is 1. The lowest BCUT2D eigenvalue weighted by atomic mass is 9.87. The molecule has 4 nitrogen and oxygen atoms in total. The van der Waals surface area contributed by atoms with E-state index < -0.39 is 0 Å². The molecule has 0 saturated heterocycles. The predicted molar refractivity (Wildman–Crippen MR) is 125 cm³/mol. The Hall–Kier alpha value is -2.49. The second-order valence-electron chi connectivity index (χ2n) is 8.63. The largest absolute Gasteiger partial charge is 0.494 e. The van der Waals surface area contributed by atoms with Crippen molar-refractivity contribution in [1.82, 2.24) is 9.97 Å². The van der Waals surface area contributed by atoms with Crippen LogP contribution >= 0.6 is 0 Å². The number of aromatic amines is 2. The minimum atomic E-state index is 0.634. The van der Waals surface area contributed by atoms with Crippen LogP contribution in [0.15, 0.2) is 46.9 Å². The number of aromatic nitrogens is 2. The van der Waals surface area contributed by atoms with E-state index in [4.69, 9.17) is 9.73 Å². The van der Waals surface area contributed by atoms with Gasteiger partial charge in [0.25, 0.3) is 0 Å². The van der Waals surface area contributed by atoms with Crippen LogP contribution in [0.1, 0.15) is 93.3 Å². The number of aryl methyl sites for hydroxylation is 1. The Balaban J connectivity index is 1.67. The first-order chi connectivity index (χ1) is 14.8. The minimum Gasteiger partial charge on any atom is -0.494 e. The summed E-state index contributed by atoms with van der Waals surface area (Å²) in [5, 5.41) is 0. The lowest BCUT2D eigenvalue weighted by Gasteiger charge is -2.18. The van der Waals surface area contributed by atoms with Crippen molar-refractivity contribution in [2.75, 3.05) is 7.11 Å². The summed E-state index contributed by atoms with van der Waals surface area (Å²) in [6.07, 6.45) is 19.1. The predicted octanol–water partition coefficient (Wildman–Crippen LogP) is 6.89.